The summed E-state index contributed by atoms with van der Waals surface area (Å²) in [6, 6.07) is 8.34. The van der Waals surface area contributed by atoms with Crippen LogP contribution in [0.15, 0.2) is 24.3 Å². The lowest BCUT2D eigenvalue weighted by Gasteiger charge is -2.08. The maximum atomic E-state index is 6.11. The third kappa shape index (κ3) is 4.04. The molecule has 106 valence electrons. The van der Waals surface area contributed by atoms with Gasteiger partial charge in [0, 0.05) is 12.1 Å². The summed E-state index contributed by atoms with van der Waals surface area (Å²) in [5, 5.41) is 0.537. The molecule has 3 heteroatoms. The first-order valence-corrected chi connectivity index (χ1v) is 7.40. The van der Waals surface area contributed by atoms with Crippen molar-refractivity contribution in [2.45, 2.75) is 40.5 Å². The normalized spacial score (nSPS) is 11.1. The van der Waals surface area contributed by atoms with Crippen molar-refractivity contribution in [2.24, 2.45) is 5.92 Å². The van der Waals surface area contributed by atoms with E-state index < -0.39 is 0 Å². The van der Waals surface area contributed by atoms with E-state index in [2.05, 4.69) is 55.9 Å². The van der Waals surface area contributed by atoms with E-state index in [1.807, 2.05) is 6.07 Å². The van der Waals surface area contributed by atoms with Gasteiger partial charge in [-0.25, -0.2) is 9.97 Å². The number of aryl methyl sites for hydroxylation is 2. The maximum Gasteiger partial charge on any atom is 0.134 e. The van der Waals surface area contributed by atoms with Crippen LogP contribution in [0, 0.1) is 19.8 Å². The van der Waals surface area contributed by atoms with Gasteiger partial charge in [0.05, 0.1) is 0 Å². The molecule has 1 aromatic carbocycles. The molecule has 1 aromatic heterocycles. The molecule has 0 aliphatic heterocycles. The van der Waals surface area contributed by atoms with Gasteiger partial charge in [0.1, 0.15) is 11.0 Å². The van der Waals surface area contributed by atoms with Crippen molar-refractivity contribution >= 4 is 11.6 Å². The van der Waals surface area contributed by atoms with Gasteiger partial charge in [0.25, 0.3) is 0 Å². The third-order valence-electron chi connectivity index (χ3n) is 3.35. The summed E-state index contributed by atoms with van der Waals surface area (Å²) in [6.07, 6.45) is 1.66. The molecule has 0 aliphatic rings. The molecule has 0 spiro atoms. The average Bonchev–Trinajstić information content (AvgIpc) is 2.32. The Hall–Kier alpha value is -1.41. The molecule has 0 amide bonds. The molecule has 0 saturated heterocycles. The van der Waals surface area contributed by atoms with Crippen LogP contribution in [0.3, 0.4) is 0 Å². The van der Waals surface area contributed by atoms with Crippen LogP contribution in [0.25, 0.3) is 0 Å². The van der Waals surface area contributed by atoms with Crippen molar-refractivity contribution in [1.82, 2.24) is 9.97 Å². The fourth-order valence-corrected chi connectivity index (χ4v) is 2.44. The van der Waals surface area contributed by atoms with E-state index in [4.69, 9.17) is 11.6 Å². The Morgan fingerprint density at radius 1 is 1.05 bits per heavy atom. The smallest absolute Gasteiger partial charge is 0.134 e. The van der Waals surface area contributed by atoms with Crippen molar-refractivity contribution in [1.29, 1.82) is 0 Å². The second-order valence-corrected chi connectivity index (χ2v) is 6.18. The largest absolute Gasteiger partial charge is 0.237 e. The molecule has 0 aliphatic carbocycles. The zero-order valence-electron chi connectivity index (χ0n) is 12.6. The first kappa shape index (κ1) is 15.0. The predicted octanol–water partition coefficient (Wildman–Crippen LogP) is 4.54. The minimum atomic E-state index is 0.537. The quantitative estimate of drug-likeness (QED) is 0.772. The molecule has 0 radical (unpaired) electrons. The summed E-state index contributed by atoms with van der Waals surface area (Å²) in [6.45, 7) is 8.61. The number of hydrogen-bond acceptors (Lipinski definition) is 2. The monoisotopic (exact) mass is 288 g/mol. The predicted molar refractivity (Wildman–Crippen MR) is 84.3 cm³/mol. The van der Waals surface area contributed by atoms with Gasteiger partial charge in [-0.05, 0) is 48.9 Å². The Bertz CT molecular complexity index is 606. The summed E-state index contributed by atoms with van der Waals surface area (Å²) in [4.78, 5) is 8.97. The molecule has 2 aromatic rings. The van der Waals surface area contributed by atoms with Gasteiger partial charge >= 0.3 is 0 Å². The molecule has 0 unspecified atom stereocenters. The molecule has 2 rings (SSSR count). The number of halogens is 1. The van der Waals surface area contributed by atoms with Crippen LogP contribution >= 0.6 is 11.6 Å². The van der Waals surface area contributed by atoms with Crippen LogP contribution in [0.5, 0.6) is 0 Å². The molecule has 0 saturated carbocycles. The lowest BCUT2D eigenvalue weighted by molar-refractivity contribution is 0.631. The van der Waals surface area contributed by atoms with Gasteiger partial charge in [0.15, 0.2) is 0 Å². The second-order valence-electron chi connectivity index (χ2n) is 5.79. The zero-order valence-corrected chi connectivity index (χ0v) is 13.3. The number of nitrogens with zero attached hydrogens (tertiary/aromatic N) is 2. The van der Waals surface area contributed by atoms with E-state index in [9.17, 15) is 0 Å². The lowest BCUT2D eigenvalue weighted by Crippen LogP contribution is -2.04. The van der Waals surface area contributed by atoms with Gasteiger partial charge < -0.3 is 0 Å². The Morgan fingerprint density at radius 2 is 1.80 bits per heavy atom. The average molecular weight is 289 g/mol. The van der Waals surface area contributed by atoms with Gasteiger partial charge in [-0.15, -0.1) is 0 Å². The number of benzene rings is 1. The Kier molecular flexibility index (Phi) is 4.77. The summed E-state index contributed by atoms with van der Waals surface area (Å²) < 4.78 is 0. The fraction of sp³-hybridized carbons (Fsp3) is 0.412. The zero-order chi connectivity index (χ0) is 14.7. The van der Waals surface area contributed by atoms with Crippen molar-refractivity contribution in [2.75, 3.05) is 0 Å². The number of aromatic nitrogens is 2. The highest BCUT2D eigenvalue weighted by Crippen LogP contribution is 2.16. The summed E-state index contributed by atoms with van der Waals surface area (Å²) >= 11 is 6.11. The van der Waals surface area contributed by atoms with E-state index >= 15 is 0 Å². The van der Waals surface area contributed by atoms with E-state index in [0.717, 1.165) is 24.4 Å². The standard InChI is InChI=1S/C17H21ClN2/c1-11(2)7-15-10-16(18)20-17(19-15)9-14-6-5-12(3)13(4)8-14/h5-6,8,10-11H,7,9H2,1-4H3. The van der Waals surface area contributed by atoms with Crippen LogP contribution in [-0.2, 0) is 12.8 Å². The first-order valence-electron chi connectivity index (χ1n) is 7.02. The molecule has 2 nitrogen and oxygen atoms in total. The van der Waals surface area contributed by atoms with Crippen LogP contribution in [-0.4, -0.2) is 9.97 Å². The first-order chi connectivity index (χ1) is 9.44. The Balaban J connectivity index is 2.24. The minimum Gasteiger partial charge on any atom is -0.237 e. The maximum absolute atomic E-state index is 6.11. The molecular weight excluding hydrogens is 268 g/mol. The van der Waals surface area contributed by atoms with Crippen molar-refractivity contribution < 1.29 is 0 Å². The topological polar surface area (TPSA) is 25.8 Å². The Labute approximate surface area is 126 Å². The van der Waals surface area contributed by atoms with Crippen LogP contribution in [0.4, 0.5) is 0 Å². The molecule has 0 bridgehead atoms. The van der Waals surface area contributed by atoms with E-state index in [0.29, 0.717) is 11.1 Å². The van der Waals surface area contributed by atoms with Crippen LogP contribution < -0.4 is 0 Å². The summed E-state index contributed by atoms with van der Waals surface area (Å²) in [7, 11) is 0. The second kappa shape index (κ2) is 6.36. The minimum absolute atomic E-state index is 0.537. The fourth-order valence-electron chi connectivity index (χ4n) is 2.21. The summed E-state index contributed by atoms with van der Waals surface area (Å²) in [5.41, 5.74) is 4.86. The number of hydrogen-bond donors (Lipinski definition) is 0. The van der Waals surface area contributed by atoms with E-state index in [-0.39, 0.29) is 0 Å². The molecular formula is C17H21ClN2. The molecule has 0 fully saturated rings. The third-order valence-corrected chi connectivity index (χ3v) is 3.54. The molecule has 1 heterocycles. The molecule has 0 atom stereocenters. The van der Waals surface area contributed by atoms with Gasteiger partial charge in [0.2, 0.25) is 0 Å². The SMILES string of the molecule is Cc1ccc(Cc2nc(Cl)cc(CC(C)C)n2)cc1C. The molecule has 0 N–H and O–H groups in total. The number of rotatable bonds is 4. The van der Waals surface area contributed by atoms with Crippen molar-refractivity contribution in [3.63, 3.8) is 0 Å². The highest BCUT2D eigenvalue weighted by atomic mass is 35.5. The highest BCUT2D eigenvalue weighted by molar-refractivity contribution is 6.29. The van der Waals surface area contributed by atoms with E-state index in [1.54, 1.807) is 0 Å². The van der Waals surface area contributed by atoms with Gasteiger partial charge in [-0.2, -0.15) is 0 Å². The van der Waals surface area contributed by atoms with Gasteiger partial charge in [-0.3, -0.25) is 0 Å². The van der Waals surface area contributed by atoms with Crippen LogP contribution in [0.2, 0.25) is 5.15 Å². The van der Waals surface area contributed by atoms with Gasteiger partial charge in [-0.1, -0.05) is 43.6 Å². The van der Waals surface area contributed by atoms with Crippen LogP contribution in [0.1, 0.15) is 42.1 Å². The van der Waals surface area contributed by atoms with Crippen molar-refractivity contribution in [3.8, 4) is 0 Å². The van der Waals surface area contributed by atoms with Crippen molar-refractivity contribution in [3.05, 3.63) is 57.6 Å². The highest BCUT2D eigenvalue weighted by Gasteiger charge is 2.07. The Morgan fingerprint density at radius 3 is 2.45 bits per heavy atom. The lowest BCUT2D eigenvalue weighted by atomic mass is 10.0. The molecule has 20 heavy (non-hydrogen) atoms. The summed E-state index contributed by atoms with van der Waals surface area (Å²) in [5.74, 6) is 1.37. The van der Waals surface area contributed by atoms with E-state index in [1.165, 1.54) is 16.7 Å².